The average molecular weight is 290 g/mol. The third kappa shape index (κ3) is 2.81. The number of aliphatic hydroxyl groups excluding tert-OH is 1. The first-order chi connectivity index (χ1) is 9.76. The number of aryl methyl sites for hydroxylation is 1. The summed E-state index contributed by atoms with van der Waals surface area (Å²) in [6.07, 6.45) is 0.793. The van der Waals surface area contributed by atoms with Gasteiger partial charge in [0.15, 0.2) is 17.6 Å². The molecule has 2 heterocycles. The first kappa shape index (κ1) is 13.5. The van der Waals surface area contributed by atoms with Gasteiger partial charge in [-0.15, -0.1) is 11.3 Å². The lowest BCUT2D eigenvalue weighted by Crippen LogP contribution is -2.40. The van der Waals surface area contributed by atoms with Crippen molar-refractivity contribution in [3.63, 3.8) is 0 Å². The van der Waals surface area contributed by atoms with Crippen molar-refractivity contribution in [3.05, 3.63) is 46.2 Å². The van der Waals surface area contributed by atoms with Crippen LogP contribution < -0.4 is 9.47 Å². The van der Waals surface area contributed by atoms with Gasteiger partial charge in [0, 0.05) is 16.2 Å². The molecule has 0 amide bonds. The van der Waals surface area contributed by atoms with E-state index in [-0.39, 0.29) is 6.10 Å². The fraction of sp³-hybridized carbons (Fsp3) is 0.375. The molecule has 2 atom stereocenters. The second kappa shape index (κ2) is 5.85. The van der Waals surface area contributed by atoms with Crippen LogP contribution in [0.4, 0.5) is 0 Å². The molecule has 0 saturated carbocycles. The summed E-state index contributed by atoms with van der Waals surface area (Å²) in [5.74, 6) is 1.46. The van der Waals surface area contributed by atoms with Gasteiger partial charge in [-0.05, 0) is 30.7 Å². The topological polar surface area (TPSA) is 38.7 Å². The van der Waals surface area contributed by atoms with E-state index in [1.807, 2.05) is 24.3 Å². The Bertz CT molecular complexity index is 579. The Labute approximate surface area is 122 Å². The van der Waals surface area contributed by atoms with Crippen LogP contribution in [0.2, 0.25) is 0 Å². The molecule has 0 fully saturated rings. The van der Waals surface area contributed by atoms with E-state index in [9.17, 15) is 5.11 Å². The quantitative estimate of drug-likeness (QED) is 0.940. The molecule has 1 aromatic heterocycles. The smallest absolute Gasteiger partial charge is 0.161 e. The predicted molar refractivity (Wildman–Crippen MR) is 79.8 cm³/mol. The Morgan fingerprint density at radius 1 is 1.20 bits per heavy atom. The number of rotatable bonds is 4. The molecule has 0 bridgehead atoms. The van der Waals surface area contributed by atoms with Gasteiger partial charge in [0.2, 0.25) is 0 Å². The van der Waals surface area contributed by atoms with Gasteiger partial charge in [0.05, 0.1) is 6.10 Å². The fourth-order valence-electron chi connectivity index (χ4n) is 2.29. The number of fused-ring (bicyclic) bond motifs is 1. The maximum absolute atomic E-state index is 10.3. The summed E-state index contributed by atoms with van der Waals surface area (Å²) in [4.78, 5) is 2.54. The zero-order chi connectivity index (χ0) is 13.9. The molecule has 0 radical (unpaired) electrons. The third-order valence-corrected chi connectivity index (χ3v) is 4.69. The Balaban J connectivity index is 1.65. The molecule has 4 heteroatoms. The van der Waals surface area contributed by atoms with Gasteiger partial charge in [-0.2, -0.15) is 0 Å². The van der Waals surface area contributed by atoms with Gasteiger partial charge >= 0.3 is 0 Å². The Hall–Kier alpha value is -1.52. The standard InChI is InChI=1S/C16H18O3S/c1-2-11-7-8-12(20-11)9-13(17)16-10-18-14-5-3-4-6-15(14)19-16/h3-8,13,16-17H,2,9-10H2,1H3. The predicted octanol–water partition coefficient (Wildman–Crippen LogP) is 3.05. The van der Waals surface area contributed by atoms with Crippen LogP contribution in [0.15, 0.2) is 36.4 Å². The number of aliphatic hydroxyl groups is 1. The second-order valence-electron chi connectivity index (χ2n) is 4.91. The lowest BCUT2D eigenvalue weighted by atomic mass is 10.1. The SMILES string of the molecule is CCc1ccc(CC(O)C2COc3ccccc3O2)s1. The summed E-state index contributed by atoms with van der Waals surface area (Å²) in [6, 6.07) is 11.8. The molecule has 0 spiro atoms. The fourth-order valence-corrected chi connectivity index (χ4v) is 3.29. The molecular weight excluding hydrogens is 272 g/mol. The Morgan fingerprint density at radius 3 is 2.70 bits per heavy atom. The van der Waals surface area contributed by atoms with Crippen LogP contribution in [0.1, 0.15) is 16.7 Å². The van der Waals surface area contributed by atoms with Crippen molar-refractivity contribution >= 4 is 11.3 Å². The molecule has 106 valence electrons. The molecule has 0 aliphatic carbocycles. The molecule has 20 heavy (non-hydrogen) atoms. The molecule has 0 saturated heterocycles. The summed E-state index contributed by atoms with van der Waals surface area (Å²) >= 11 is 1.75. The zero-order valence-electron chi connectivity index (χ0n) is 11.4. The van der Waals surface area contributed by atoms with Crippen molar-refractivity contribution in [1.82, 2.24) is 0 Å². The molecule has 1 N–H and O–H groups in total. The summed E-state index contributed by atoms with van der Waals surface area (Å²) in [5, 5.41) is 10.3. The molecular formula is C16H18O3S. The van der Waals surface area contributed by atoms with E-state index >= 15 is 0 Å². The minimum Gasteiger partial charge on any atom is -0.486 e. The van der Waals surface area contributed by atoms with E-state index in [0.717, 1.165) is 12.2 Å². The molecule has 1 aliphatic rings. The number of para-hydroxylation sites is 2. The van der Waals surface area contributed by atoms with Gasteiger partial charge in [-0.3, -0.25) is 0 Å². The van der Waals surface area contributed by atoms with Gasteiger partial charge in [0.1, 0.15) is 6.61 Å². The van der Waals surface area contributed by atoms with Crippen molar-refractivity contribution in [2.24, 2.45) is 0 Å². The number of hydrogen-bond acceptors (Lipinski definition) is 4. The Kier molecular flexibility index (Phi) is 3.94. The van der Waals surface area contributed by atoms with Crippen molar-refractivity contribution in [1.29, 1.82) is 0 Å². The second-order valence-corrected chi connectivity index (χ2v) is 6.16. The van der Waals surface area contributed by atoms with Crippen LogP contribution >= 0.6 is 11.3 Å². The van der Waals surface area contributed by atoms with E-state index in [2.05, 4.69) is 19.1 Å². The van der Waals surface area contributed by atoms with Crippen molar-refractivity contribution in [3.8, 4) is 11.5 Å². The van der Waals surface area contributed by atoms with E-state index < -0.39 is 6.10 Å². The molecule has 3 nitrogen and oxygen atoms in total. The van der Waals surface area contributed by atoms with Crippen LogP contribution in [0.25, 0.3) is 0 Å². The van der Waals surface area contributed by atoms with Crippen LogP contribution in [-0.4, -0.2) is 23.9 Å². The average Bonchev–Trinajstić information content (AvgIpc) is 2.94. The van der Waals surface area contributed by atoms with E-state index in [4.69, 9.17) is 9.47 Å². The maximum Gasteiger partial charge on any atom is 0.161 e. The highest BCUT2D eigenvalue weighted by Crippen LogP contribution is 2.32. The van der Waals surface area contributed by atoms with Crippen molar-refractivity contribution in [2.75, 3.05) is 6.61 Å². The molecule has 1 aromatic carbocycles. The van der Waals surface area contributed by atoms with Gasteiger partial charge in [-0.25, -0.2) is 0 Å². The highest BCUT2D eigenvalue weighted by atomic mass is 32.1. The summed E-state index contributed by atoms with van der Waals surface area (Å²) in [5.41, 5.74) is 0. The summed E-state index contributed by atoms with van der Waals surface area (Å²) in [7, 11) is 0. The van der Waals surface area contributed by atoms with Crippen LogP contribution in [0.3, 0.4) is 0 Å². The van der Waals surface area contributed by atoms with Crippen molar-refractivity contribution in [2.45, 2.75) is 32.0 Å². The third-order valence-electron chi connectivity index (χ3n) is 3.44. The van der Waals surface area contributed by atoms with Gasteiger partial charge in [-0.1, -0.05) is 19.1 Å². The highest BCUT2D eigenvalue weighted by molar-refractivity contribution is 7.11. The van der Waals surface area contributed by atoms with Gasteiger partial charge in [0.25, 0.3) is 0 Å². The summed E-state index contributed by atoms with van der Waals surface area (Å²) in [6.45, 7) is 2.53. The lowest BCUT2D eigenvalue weighted by Gasteiger charge is -2.29. The number of ether oxygens (including phenoxy) is 2. The minimum absolute atomic E-state index is 0.308. The zero-order valence-corrected chi connectivity index (χ0v) is 12.2. The first-order valence-corrected chi connectivity index (χ1v) is 7.72. The number of hydrogen-bond donors (Lipinski definition) is 1. The summed E-state index contributed by atoms with van der Waals surface area (Å²) < 4.78 is 11.5. The van der Waals surface area contributed by atoms with Crippen LogP contribution in [0, 0.1) is 0 Å². The molecule has 2 unspecified atom stereocenters. The van der Waals surface area contributed by atoms with Gasteiger partial charge < -0.3 is 14.6 Å². The van der Waals surface area contributed by atoms with Crippen LogP contribution in [0.5, 0.6) is 11.5 Å². The largest absolute Gasteiger partial charge is 0.486 e. The number of thiophene rings is 1. The van der Waals surface area contributed by atoms with E-state index in [0.29, 0.717) is 18.8 Å². The minimum atomic E-state index is -0.549. The highest BCUT2D eigenvalue weighted by Gasteiger charge is 2.27. The number of benzene rings is 1. The molecule has 3 rings (SSSR count). The van der Waals surface area contributed by atoms with Crippen molar-refractivity contribution < 1.29 is 14.6 Å². The monoisotopic (exact) mass is 290 g/mol. The normalized spacial score (nSPS) is 18.8. The van der Waals surface area contributed by atoms with Crippen LogP contribution in [-0.2, 0) is 12.8 Å². The van der Waals surface area contributed by atoms with E-state index in [1.54, 1.807) is 11.3 Å². The Morgan fingerprint density at radius 2 is 1.95 bits per heavy atom. The molecule has 1 aliphatic heterocycles. The lowest BCUT2D eigenvalue weighted by molar-refractivity contribution is -0.00907. The molecule has 2 aromatic rings. The first-order valence-electron chi connectivity index (χ1n) is 6.90. The van der Waals surface area contributed by atoms with E-state index in [1.165, 1.54) is 9.75 Å². The maximum atomic E-state index is 10.3.